The van der Waals surface area contributed by atoms with Crippen molar-refractivity contribution in [1.82, 2.24) is 4.57 Å². The second-order valence-corrected chi connectivity index (χ2v) is 5.01. The van der Waals surface area contributed by atoms with Gasteiger partial charge in [-0.05, 0) is 42.8 Å². The van der Waals surface area contributed by atoms with Crippen LogP contribution in [0.5, 0.6) is 0 Å². The van der Waals surface area contributed by atoms with Gasteiger partial charge in [0, 0.05) is 29.4 Å². The molecule has 3 nitrogen and oxygen atoms in total. The average Bonchev–Trinajstić information content (AvgIpc) is 2.78. The van der Waals surface area contributed by atoms with E-state index in [1.807, 2.05) is 42.6 Å². The topological polar surface area (TPSA) is 48.0 Å². The number of nitrogens with zero attached hydrogens (tertiary/aromatic N) is 1. The minimum absolute atomic E-state index is 0.171. The van der Waals surface area contributed by atoms with Crippen molar-refractivity contribution in [1.29, 1.82) is 0 Å². The molecule has 2 aromatic carbocycles. The molecular weight excluding hydrogens is 248 g/mol. The molecule has 100 valence electrons. The van der Waals surface area contributed by atoms with Crippen molar-refractivity contribution in [3.05, 3.63) is 60.3 Å². The van der Waals surface area contributed by atoms with Gasteiger partial charge >= 0.3 is 0 Å². The highest BCUT2D eigenvalue weighted by atomic mass is 16.1. The fourth-order valence-corrected chi connectivity index (χ4v) is 2.51. The monoisotopic (exact) mass is 264 g/mol. The molecule has 0 saturated heterocycles. The van der Waals surface area contributed by atoms with Gasteiger partial charge in [0.2, 0.25) is 0 Å². The summed E-state index contributed by atoms with van der Waals surface area (Å²) in [7, 11) is 0. The Morgan fingerprint density at radius 1 is 1.10 bits per heavy atom. The van der Waals surface area contributed by atoms with Crippen LogP contribution in [0.4, 0.5) is 5.69 Å². The number of ketones is 1. The maximum absolute atomic E-state index is 11.4. The molecule has 3 rings (SSSR count). The summed E-state index contributed by atoms with van der Waals surface area (Å²) in [6, 6.07) is 15.9. The third-order valence-electron chi connectivity index (χ3n) is 3.41. The van der Waals surface area contributed by atoms with Gasteiger partial charge in [0.05, 0.1) is 5.52 Å². The fourth-order valence-electron chi connectivity index (χ4n) is 2.51. The number of anilines is 1. The predicted molar refractivity (Wildman–Crippen MR) is 82.1 cm³/mol. The van der Waals surface area contributed by atoms with E-state index in [0.29, 0.717) is 6.42 Å². The Kier molecular flexibility index (Phi) is 3.03. The number of Topliss-reactive ketones (excluding diaryl/α,β-unsaturated/α-hetero) is 1. The van der Waals surface area contributed by atoms with Crippen molar-refractivity contribution in [2.24, 2.45) is 0 Å². The summed E-state index contributed by atoms with van der Waals surface area (Å²) < 4.78 is 2.10. The van der Waals surface area contributed by atoms with Crippen LogP contribution in [-0.4, -0.2) is 10.4 Å². The van der Waals surface area contributed by atoms with E-state index in [0.717, 1.165) is 27.8 Å². The summed E-state index contributed by atoms with van der Waals surface area (Å²) in [6.07, 6.45) is 2.50. The lowest BCUT2D eigenvalue weighted by Crippen LogP contribution is -1.95. The van der Waals surface area contributed by atoms with Crippen LogP contribution in [0.1, 0.15) is 12.5 Å². The fraction of sp³-hybridized carbons (Fsp3) is 0.118. The highest BCUT2D eigenvalue weighted by Gasteiger charge is 2.10. The van der Waals surface area contributed by atoms with Crippen LogP contribution in [0.15, 0.2) is 54.7 Å². The number of aromatic nitrogens is 1. The number of carbonyl (C=O) groups excluding carboxylic acids is 1. The zero-order chi connectivity index (χ0) is 14.1. The Hall–Kier alpha value is -2.55. The maximum Gasteiger partial charge on any atom is 0.134 e. The van der Waals surface area contributed by atoms with Crippen LogP contribution in [0.25, 0.3) is 16.6 Å². The molecule has 3 heteroatoms. The van der Waals surface area contributed by atoms with Crippen LogP contribution in [-0.2, 0) is 11.2 Å². The Morgan fingerprint density at radius 2 is 1.80 bits per heavy atom. The smallest absolute Gasteiger partial charge is 0.134 e. The number of nitrogens with two attached hydrogens (primary N) is 1. The van der Waals surface area contributed by atoms with Gasteiger partial charge in [-0.3, -0.25) is 4.79 Å². The van der Waals surface area contributed by atoms with Crippen LogP contribution < -0.4 is 5.73 Å². The molecular formula is C17H16N2O. The SMILES string of the molecule is CC(=O)Cc1cn(-c2ccc(N)cc2)c2ccccc12. The molecule has 0 fully saturated rings. The summed E-state index contributed by atoms with van der Waals surface area (Å²) in [5.74, 6) is 0.171. The van der Waals surface area contributed by atoms with Crippen LogP contribution in [0.2, 0.25) is 0 Å². The summed E-state index contributed by atoms with van der Waals surface area (Å²) in [4.78, 5) is 11.4. The molecule has 0 atom stereocenters. The van der Waals surface area contributed by atoms with E-state index in [1.54, 1.807) is 6.92 Å². The van der Waals surface area contributed by atoms with E-state index in [2.05, 4.69) is 16.7 Å². The van der Waals surface area contributed by atoms with E-state index in [4.69, 9.17) is 5.73 Å². The summed E-state index contributed by atoms with van der Waals surface area (Å²) in [5, 5.41) is 1.12. The lowest BCUT2D eigenvalue weighted by molar-refractivity contribution is -0.116. The molecule has 0 saturated carbocycles. The number of rotatable bonds is 3. The lowest BCUT2D eigenvalue weighted by Gasteiger charge is -2.05. The molecule has 0 aliphatic heterocycles. The molecule has 20 heavy (non-hydrogen) atoms. The molecule has 1 aromatic heterocycles. The van der Waals surface area contributed by atoms with E-state index >= 15 is 0 Å². The molecule has 3 aromatic rings. The Morgan fingerprint density at radius 3 is 2.50 bits per heavy atom. The van der Waals surface area contributed by atoms with Crippen molar-refractivity contribution in [3.63, 3.8) is 0 Å². The van der Waals surface area contributed by atoms with Crippen molar-refractivity contribution >= 4 is 22.4 Å². The Bertz CT molecular complexity index is 769. The first-order valence-corrected chi connectivity index (χ1v) is 6.59. The highest BCUT2D eigenvalue weighted by molar-refractivity contribution is 5.90. The normalized spacial score (nSPS) is 10.8. The van der Waals surface area contributed by atoms with Crippen LogP contribution in [0, 0.1) is 0 Å². The summed E-state index contributed by atoms with van der Waals surface area (Å²) >= 11 is 0. The summed E-state index contributed by atoms with van der Waals surface area (Å²) in [5.41, 5.74) is 9.69. The number of benzene rings is 2. The molecule has 0 aliphatic carbocycles. The average molecular weight is 264 g/mol. The Balaban J connectivity index is 2.20. The molecule has 0 spiro atoms. The largest absolute Gasteiger partial charge is 0.399 e. The van der Waals surface area contributed by atoms with E-state index in [-0.39, 0.29) is 5.78 Å². The van der Waals surface area contributed by atoms with Gasteiger partial charge in [0.1, 0.15) is 5.78 Å². The first kappa shape index (κ1) is 12.5. The number of nitrogen functional groups attached to an aromatic ring is 1. The minimum atomic E-state index is 0.171. The second kappa shape index (κ2) is 4.85. The zero-order valence-electron chi connectivity index (χ0n) is 11.3. The molecule has 1 heterocycles. The second-order valence-electron chi connectivity index (χ2n) is 5.01. The van der Waals surface area contributed by atoms with Crippen molar-refractivity contribution < 1.29 is 4.79 Å². The molecule has 2 N–H and O–H groups in total. The van der Waals surface area contributed by atoms with Crippen molar-refractivity contribution in [2.45, 2.75) is 13.3 Å². The Labute approximate surface area is 117 Å². The van der Waals surface area contributed by atoms with Crippen LogP contribution in [0.3, 0.4) is 0 Å². The zero-order valence-corrected chi connectivity index (χ0v) is 11.3. The van der Waals surface area contributed by atoms with Gasteiger partial charge in [-0.1, -0.05) is 18.2 Å². The highest BCUT2D eigenvalue weighted by Crippen LogP contribution is 2.25. The number of carbonyl (C=O) groups is 1. The van der Waals surface area contributed by atoms with Gasteiger partial charge < -0.3 is 10.3 Å². The minimum Gasteiger partial charge on any atom is -0.399 e. The van der Waals surface area contributed by atoms with Gasteiger partial charge in [-0.15, -0.1) is 0 Å². The molecule has 0 unspecified atom stereocenters. The van der Waals surface area contributed by atoms with E-state index < -0.39 is 0 Å². The number of fused-ring (bicyclic) bond motifs is 1. The number of hydrogen-bond acceptors (Lipinski definition) is 2. The summed E-state index contributed by atoms with van der Waals surface area (Å²) in [6.45, 7) is 1.62. The standard InChI is InChI=1S/C17H16N2O/c1-12(20)10-13-11-19(15-8-6-14(18)7-9-15)17-5-3-2-4-16(13)17/h2-9,11H,10,18H2,1H3. The van der Waals surface area contributed by atoms with Gasteiger partial charge in [0.15, 0.2) is 0 Å². The third kappa shape index (κ3) is 2.18. The number of para-hydroxylation sites is 1. The first-order chi connectivity index (χ1) is 9.65. The number of hydrogen-bond donors (Lipinski definition) is 1. The predicted octanol–water partition coefficient (Wildman–Crippen LogP) is 3.34. The quantitative estimate of drug-likeness (QED) is 0.737. The molecule has 0 amide bonds. The maximum atomic E-state index is 11.4. The third-order valence-corrected chi connectivity index (χ3v) is 3.41. The molecule has 0 aliphatic rings. The van der Waals surface area contributed by atoms with Crippen molar-refractivity contribution in [3.8, 4) is 5.69 Å². The molecule has 0 radical (unpaired) electrons. The van der Waals surface area contributed by atoms with Gasteiger partial charge in [-0.2, -0.15) is 0 Å². The van der Waals surface area contributed by atoms with Crippen LogP contribution >= 0.6 is 0 Å². The van der Waals surface area contributed by atoms with Gasteiger partial charge in [-0.25, -0.2) is 0 Å². The van der Waals surface area contributed by atoms with Crippen molar-refractivity contribution in [2.75, 3.05) is 5.73 Å². The lowest BCUT2D eigenvalue weighted by atomic mass is 10.1. The first-order valence-electron chi connectivity index (χ1n) is 6.59. The molecule has 0 bridgehead atoms. The van der Waals surface area contributed by atoms with E-state index in [9.17, 15) is 4.79 Å². The van der Waals surface area contributed by atoms with Gasteiger partial charge in [0.25, 0.3) is 0 Å². The van der Waals surface area contributed by atoms with E-state index in [1.165, 1.54) is 0 Å².